The van der Waals surface area contributed by atoms with Gasteiger partial charge in [0, 0.05) is 12.2 Å². The highest BCUT2D eigenvalue weighted by atomic mass is 16.5. The topological polar surface area (TPSA) is 46.6 Å². The molecule has 1 aromatic rings. The van der Waals surface area contributed by atoms with Crippen LogP contribution in [0.5, 0.6) is 5.75 Å². The predicted molar refractivity (Wildman–Crippen MR) is 74.4 cm³/mol. The first-order chi connectivity index (χ1) is 9.75. The largest absolute Gasteiger partial charge is 0.491 e. The van der Waals surface area contributed by atoms with E-state index in [1.165, 1.54) is 41.0 Å². The molecule has 2 amide bonds. The summed E-state index contributed by atoms with van der Waals surface area (Å²) in [5, 5.41) is 0. The second kappa shape index (κ2) is 5.49. The second-order valence-corrected chi connectivity index (χ2v) is 5.11. The van der Waals surface area contributed by atoms with Gasteiger partial charge in [-0.15, -0.1) is 0 Å². The Morgan fingerprint density at radius 1 is 1.05 bits per heavy atom. The Kier molecular flexibility index (Phi) is 3.54. The molecule has 0 radical (unpaired) electrons. The van der Waals surface area contributed by atoms with Gasteiger partial charge in [-0.05, 0) is 42.9 Å². The SMILES string of the molecule is O=C1C=CC(=O)N1CCOc1cccc2c1CCCC2. The Balaban J connectivity index is 1.62. The Bertz CT molecular complexity index is 559. The second-order valence-electron chi connectivity index (χ2n) is 5.11. The van der Waals surface area contributed by atoms with Crippen LogP contribution in [0.4, 0.5) is 0 Å². The first kappa shape index (κ1) is 12.9. The third-order valence-corrected chi connectivity index (χ3v) is 3.83. The average Bonchev–Trinajstić information content (AvgIpc) is 2.79. The fourth-order valence-electron chi connectivity index (χ4n) is 2.78. The molecule has 2 aliphatic rings. The summed E-state index contributed by atoms with van der Waals surface area (Å²) in [6, 6.07) is 6.13. The Labute approximate surface area is 118 Å². The van der Waals surface area contributed by atoms with Gasteiger partial charge in [0.05, 0.1) is 6.54 Å². The smallest absolute Gasteiger partial charge is 0.253 e. The molecule has 20 heavy (non-hydrogen) atoms. The number of carbonyl (C=O) groups excluding carboxylic acids is 2. The summed E-state index contributed by atoms with van der Waals surface area (Å²) in [5.74, 6) is 0.386. The average molecular weight is 271 g/mol. The molecule has 4 heteroatoms. The van der Waals surface area contributed by atoms with Crippen LogP contribution in [0.1, 0.15) is 24.0 Å². The standard InChI is InChI=1S/C16H17NO3/c18-15-8-9-16(19)17(15)10-11-20-14-7-3-5-12-4-1-2-6-13(12)14/h3,5,7-9H,1-2,4,6,10-11H2. The number of carbonyl (C=O) groups is 2. The number of benzene rings is 1. The number of nitrogens with zero attached hydrogens (tertiary/aromatic N) is 1. The first-order valence-corrected chi connectivity index (χ1v) is 7.03. The number of aryl methyl sites for hydroxylation is 1. The Morgan fingerprint density at radius 2 is 1.80 bits per heavy atom. The molecule has 0 saturated carbocycles. The van der Waals surface area contributed by atoms with Gasteiger partial charge in [-0.25, -0.2) is 0 Å². The highest BCUT2D eigenvalue weighted by Crippen LogP contribution is 2.29. The quantitative estimate of drug-likeness (QED) is 0.785. The van der Waals surface area contributed by atoms with Crippen LogP contribution >= 0.6 is 0 Å². The molecule has 0 fully saturated rings. The minimum Gasteiger partial charge on any atom is -0.491 e. The van der Waals surface area contributed by atoms with Crippen molar-refractivity contribution in [2.24, 2.45) is 0 Å². The van der Waals surface area contributed by atoms with Crippen molar-refractivity contribution >= 4 is 11.8 Å². The molecule has 1 aromatic carbocycles. The molecule has 1 heterocycles. The number of rotatable bonds is 4. The molecule has 0 aromatic heterocycles. The van der Waals surface area contributed by atoms with Crippen molar-refractivity contribution in [3.8, 4) is 5.75 Å². The van der Waals surface area contributed by atoms with E-state index in [-0.39, 0.29) is 11.8 Å². The van der Waals surface area contributed by atoms with Crippen LogP contribution in [0.3, 0.4) is 0 Å². The van der Waals surface area contributed by atoms with Crippen LogP contribution in [-0.2, 0) is 22.4 Å². The van der Waals surface area contributed by atoms with E-state index in [0.29, 0.717) is 13.2 Å². The zero-order chi connectivity index (χ0) is 13.9. The summed E-state index contributed by atoms with van der Waals surface area (Å²) in [7, 11) is 0. The number of hydrogen-bond acceptors (Lipinski definition) is 3. The molecule has 0 saturated heterocycles. The van der Waals surface area contributed by atoms with Crippen molar-refractivity contribution < 1.29 is 14.3 Å². The van der Waals surface area contributed by atoms with Crippen molar-refractivity contribution in [3.05, 3.63) is 41.5 Å². The van der Waals surface area contributed by atoms with Crippen molar-refractivity contribution in [2.75, 3.05) is 13.2 Å². The molecular weight excluding hydrogens is 254 g/mol. The van der Waals surface area contributed by atoms with Crippen molar-refractivity contribution in [3.63, 3.8) is 0 Å². The summed E-state index contributed by atoms with van der Waals surface area (Å²) < 4.78 is 5.79. The maximum absolute atomic E-state index is 11.4. The van der Waals surface area contributed by atoms with Gasteiger partial charge in [-0.1, -0.05) is 12.1 Å². The van der Waals surface area contributed by atoms with E-state index in [0.717, 1.165) is 18.6 Å². The maximum atomic E-state index is 11.4. The van der Waals surface area contributed by atoms with Crippen molar-refractivity contribution in [1.29, 1.82) is 0 Å². The van der Waals surface area contributed by atoms with Crippen LogP contribution in [0.25, 0.3) is 0 Å². The summed E-state index contributed by atoms with van der Waals surface area (Å²) >= 11 is 0. The lowest BCUT2D eigenvalue weighted by molar-refractivity contribution is -0.137. The summed E-state index contributed by atoms with van der Waals surface area (Å²) in [4.78, 5) is 24.0. The van der Waals surface area contributed by atoms with E-state index in [1.54, 1.807) is 0 Å². The lowest BCUT2D eigenvalue weighted by Crippen LogP contribution is -2.33. The van der Waals surface area contributed by atoms with E-state index in [4.69, 9.17) is 4.74 Å². The number of ether oxygens (including phenoxy) is 1. The minimum atomic E-state index is -0.256. The van der Waals surface area contributed by atoms with Gasteiger partial charge in [0.2, 0.25) is 0 Å². The van der Waals surface area contributed by atoms with Crippen LogP contribution in [-0.4, -0.2) is 29.9 Å². The number of amides is 2. The molecule has 0 spiro atoms. The van der Waals surface area contributed by atoms with Crippen molar-refractivity contribution in [1.82, 2.24) is 4.90 Å². The molecule has 0 N–H and O–H groups in total. The molecular formula is C16H17NO3. The zero-order valence-electron chi connectivity index (χ0n) is 11.3. The molecule has 0 unspecified atom stereocenters. The number of imide groups is 1. The molecule has 0 atom stereocenters. The third-order valence-electron chi connectivity index (χ3n) is 3.83. The normalized spacial score (nSPS) is 17.5. The zero-order valence-corrected chi connectivity index (χ0v) is 11.3. The lowest BCUT2D eigenvalue weighted by Gasteiger charge is -2.20. The van der Waals surface area contributed by atoms with E-state index in [2.05, 4.69) is 6.07 Å². The van der Waals surface area contributed by atoms with Gasteiger partial charge in [-0.3, -0.25) is 14.5 Å². The summed E-state index contributed by atoms with van der Waals surface area (Å²) in [5.41, 5.74) is 2.65. The van der Waals surface area contributed by atoms with Gasteiger partial charge in [0.25, 0.3) is 11.8 Å². The lowest BCUT2D eigenvalue weighted by atomic mass is 9.91. The van der Waals surface area contributed by atoms with Gasteiger partial charge in [0.15, 0.2) is 0 Å². The monoisotopic (exact) mass is 271 g/mol. The fourth-order valence-corrected chi connectivity index (χ4v) is 2.78. The van der Waals surface area contributed by atoms with Crippen LogP contribution in [0.15, 0.2) is 30.4 Å². The van der Waals surface area contributed by atoms with E-state index in [9.17, 15) is 9.59 Å². The molecule has 3 rings (SSSR count). The van der Waals surface area contributed by atoms with E-state index in [1.807, 2.05) is 12.1 Å². The summed E-state index contributed by atoms with van der Waals surface area (Å²) in [6.45, 7) is 0.643. The Morgan fingerprint density at radius 3 is 2.60 bits per heavy atom. The van der Waals surface area contributed by atoms with Gasteiger partial charge < -0.3 is 4.74 Å². The predicted octanol–water partition coefficient (Wildman–Crippen LogP) is 1.87. The van der Waals surface area contributed by atoms with Crippen LogP contribution < -0.4 is 4.74 Å². The molecule has 1 aliphatic heterocycles. The third kappa shape index (κ3) is 2.46. The number of fused-ring (bicyclic) bond motifs is 1. The van der Waals surface area contributed by atoms with Gasteiger partial charge >= 0.3 is 0 Å². The highest BCUT2D eigenvalue weighted by molar-refractivity contribution is 6.12. The maximum Gasteiger partial charge on any atom is 0.253 e. The molecule has 0 bridgehead atoms. The summed E-state index contributed by atoms with van der Waals surface area (Å²) in [6.07, 6.45) is 7.19. The molecule has 1 aliphatic carbocycles. The molecule has 104 valence electrons. The Hall–Kier alpha value is -2.10. The van der Waals surface area contributed by atoms with Crippen LogP contribution in [0.2, 0.25) is 0 Å². The fraction of sp³-hybridized carbons (Fsp3) is 0.375. The molecule has 4 nitrogen and oxygen atoms in total. The van der Waals surface area contributed by atoms with Crippen LogP contribution in [0, 0.1) is 0 Å². The van der Waals surface area contributed by atoms with E-state index >= 15 is 0 Å². The van der Waals surface area contributed by atoms with E-state index < -0.39 is 0 Å². The number of hydrogen-bond donors (Lipinski definition) is 0. The van der Waals surface area contributed by atoms with Gasteiger partial charge in [0.1, 0.15) is 12.4 Å². The highest BCUT2D eigenvalue weighted by Gasteiger charge is 2.23. The van der Waals surface area contributed by atoms with Gasteiger partial charge in [-0.2, -0.15) is 0 Å². The minimum absolute atomic E-state index is 0.256. The van der Waals surface area contributed by atoms with Crippen molar-refractivity contribution in [2.45, 2.75) is 25.7 Å². The first-order valence-electron chi connectivity index (χ1n) is 7.03.